The van der Waals surface area contributed by atoms with Gasteiger partial charge in [0, 0.05) is 57.6 Å². The number of aryl methyl sites for hydroxylation is 2. The van der Waals surface area contributed by atoms with E-state index in [0.29, 0.717) is 5.11 Å². The van der Waals surface area contributed by atoms with E-state index in [9.17, 15) is 8.78 Å². The van der Waals surface area contributed by atoms with Crippen molar-refractivity contribution in [1.29, 1.82) is 0 Å². The number of nitrogens with one attached hydrogen (secondary N) is 1. The normalized spacial score (nSPS) is 15.4. The van der Waals surface area contributed by atoms with E-state index in [1.165, 1.54) is 17.7 Å². The first-order chi connectivity index (χ1) is 11.9. The molecule has 8 heteroatoms. The van der Waals surface area contributed by atoms with Crippen molar-refractivity contribution in [2.45, 2.75) is 13.5 Å². The lowest BCUT2D eigenvalue weighted by Crippen LogP contribution is -2.49. The monoisotopic (exact) mass is 365 g/mol. The van der Waals surface area contributed by atoms with Gasteiger partial charge in [-0.1, -0.05) is 0 Å². The predicted octanol–water partition coefficient (Wildman–Crippen LogP) is 2.52. The molecule has 0 bridgehead atoms. The van der Waals surface area contributed by atoms with Gasteiger partial charge < -0.3 is 10.2 Å². The highest BCUT2D eigenvalue weighted by atomic mass is 32.1. The lowest BCUT2D eigenvalue weighted by Gasteiger charge is -2.36. The van der Waals surface area contributed by atoms with Crippen LogP contribution >= 0.6 is 12.2 Å². The van der Waals surface area contributed by atoms with Gasteiger partial charge in [-0.3, -0.25) is 9.58 Å². The van der Waals surface area contributed by atoms with E-state index in [1.54, 1.807) is 0 Å². The molecular formula is C17H21F2N5S. The molecule has 1 aliphatic heterocycles. The largest absolute Gasteiger partial charge is 0.346 e. The number of anilines is 1. The van der Waals surface area contributed by atoms with Crippen LogP contribution in [0.25, 0.3) is 0 Å². The Morgan fingerprint density at radius 1 is 1.24 bits per heavy atom. The molecule has 0 atom stereocenters. The van der Waals surface area contributed by atoms with Crippen LogP contribution in [-0.2, 0) is 13.6 Å². The van der Waals surface area contributed by atoms with Crippen LogP contribution in [-0.4, -0.2) is 50.9 Å². The fourth-order valence-corrected chi connectivity index (χ4v) is 3.23. The Bertz CT molecular complexity index is 768. The molecule has 1 aromatic heterocycles. The molecule has 1 N–H and O–H groups in total. The Morgan fingerprint density at radius 3 is 2.56 bits per heavy atom. The minimum atomic E-state index is -0.645. The highest BCUT2D eigenvalue weighted by Gasteiger charge is 2.20. The van der Waals surface area contributed by atoms with Gasteiger partial charge in [-0.05, 0) is 31.3 Å². The summed E-state index contributed by atoms with van der Waals surface area (Å²) < 4.78 is 28.5. The fraction of sp³-hybridized carbons (Fsp3) is 0.412. The van der Waals surface area contributed by atoms with Crippen molar-refractivity contribution in [3.8, 4) is 0 Å². The first-order valence-electron chi connectivity index (χ1n) is 8.15. The SMILES string of the molecule is Cc1nn(C)cc1CN1CCN(C(=S)Nc2ccc(F)cc2F)CC1. The van der Waals surface area contributed by atoms with Gasteiger partial charge in [-0.25, -0.2) is 8.78 Å². The smallest absolute Gasteiger partial charge is 0.173 e. The second kappa shape index (κ2) is 7.45. The van der Waals surface area contributed by atoms with Crippen LogP contribution < -0.4 is 5.32 Å². The van der Waals surface area contributed by atoms with Gasteiger partial charge in [0.2, 0.25) is 0 Å². The molecule has 0 amide bonds. The number of hydrogen-bond donors (Lipinski definition) is 1. The summed E-state index contributed by atoms with van der Waals surface area (Å²) in [4.78, 5) is 4.35. The lowest BCUT2D eigenvalue weighted by molar-refractivity contribution is 0.176. The molecule has 1 saturated heterocycles. The maximum absolute atomic E-state index is 13.7. The van der Waals surface area contributed by atoms with E-state index < -0.39 is 11.6 Å². The van der Waals surface area contributed by atoms with Crippen LogP contribution in [0.5, 0.6) is 0 Å². The minimum Gasteiger partial charge on any atom is -0.346 e. The fourth-order valence-electron chi connectivity index (χ4n) is 2.94. The van der Waals surface area contributed by atoms with Crippen LogP contribution in [0.4, 0.5) is 14.5 Å². The molecular weight excluding hydrogens is 344 g/mol. The molecule has 0 saturated carbocycles. The highest BCUT2D eigenvalue weighted by molar-refractivity contribution is 7.80. The zero-order chi connectivity index (χ0) is 18.0. The zero-order valence-electron chi connectivity index (χ0n) is 14.3. The third-order valence-electron chi connectivity index (χ3n) is 4.34. The van der Waals surface area contributed by atoms with Crippen molar-refractivity contribution in [3.05, 3.63) is 47.3 Å². The molecule has 3 rings (SSSR count). The molecule has 1 aromatic carbocycles. The number of rotatable bonds is 3. The predicted molar refractivity (Wildman–Crippen MR) is 97.4 cm³/mol. The van der Waals surface area contributed by atoms with Crippen LogP contribution in [0.15, 0.2) is 24.4 Å². The minimum absolute atomic E-state index is 0.194. The van der Waals surface area contributed by atoms with Gasteiger partial charge in [0.1, 0.15) is 11.6 Å². The van der Waals surface area contributed by atoms with Gasteiger partial charge >= 0.3 is 0 Å². The first-order valence-corrected chi connectivity index (χ1v) is 8.55. The number of hydrogen-bond acceptors (Lipinski definition) is 3. The van der Waals surface area contributed by atoms with Crippen molar-refractivity contribution in [2.24, 2.45) is 7.05 Å². The van der Waals surface area contributed by atoms with Crippen LogP contribution in [0.3, 0.4) is 0 Å². The third-order valence-corrected chi connectivity index (χ3v) is 4.70. The van der Waals surface area contributed by atoms with Gasteiger partial charge in [-0.2, -0.15) is 5.10 Å². The maximum Gasteiger partial charge on any atom is 0.173 e. The average Bonchev–Trinajstić information content (AvgIpc) is 2.88. The first kappa shape index (κ1) is 17.8. The number of benzene rings is 1. The van der Waals surface area contributed by atoms with Crippen molar-refractivity contribution >= 4 is 23.0 Å². The van der Waals surface area contributed by atoms with E-state index >= 15 is 0 Å². The number of piperazine rings is 1. The molecule has 0 unspecified atom stereocenters. The molecule has 25 heavy (non-hydrogen) atoms. The molecule has 134 valence electrons. The Morgan fingerprint density at radius 2 is 1.96 bits per heavy atom. The number of halogens is 2. The second-order valence-electron chi connectivity index (χ2n) is 6.23. The molecule has 0 spiro atoms. The zero-order valence-corrected chi connectivity index (χ0v) is 15.1. The summed E-state index contributed by atoms with van der Waals surface area (Å²) in [6, 6.07) is 3.42. The Kier molecular flexibility index (Phi) is 5.29. The van der Waals surface area contributed by atoms with Crippen LogP contribution in [0, 0.1) is 18.6 Å². The van der Waals surface area contributed by atoms with Crippen molar-refractivity contribution in [3.63, 3.8) is 0 Å². The summed E-state index contributed by atoms with van der Waals surface area (Å²) in [5.41, 5.74) is 2.47. The van der Waals surface area contributed by atoms with E-state index in [2.05, 4.69) is 15.3 Å². The van der Waals surface area contributed by atoms with Gasteiger partial charge in [0.15, 0.2) is 5.11 Å². The van der Waals surface area contributed by atoms with E-state index in [1.807, 2.05) is 29.7 Å². The molecule has 1 fully saturated rings. The van der Waals surface area contributed by atoms with Gasteiger partial charge in [0.05, 0.1) is 11.4 Å². The number of nitrogens with zero attached hydrogens (tertiary/aromatic N) is 4. The number of aromatic nitrogens is 2. The highest BCUT2D eigenvalue weighted by Crippen LogP contribution is 2.17. The second-order valence-corrected chi connectivity index (χ2v) is 6.62. The van der Waals surface area contributed by atoms with E-state index in [0.717, 1.165) is 44.5 Å². The molecule has 0 radical (unpaired) electrons. The third kappa shape index (κ3) is 4.32. The summed E-state index contributed by atoms with van der Waals surface area (Å²) in [5.74, 6) is -1.25. The summed E-state index contributed by atoms with van der Waals surface area (Å²) in [6.07, 6.45) is 2.05. The maximum atomic E-state index is 13.7. The molecule has 0 aliphatic carbocycles. The van der Waals surface area contributed by atoms with Crippen LogP contribution in [0.2, 0.25) is 0 Å². The van der Waals surface area contributed by atoms with Gasteiger partial charge in [0.25, 0.3) is 0 Å². The van der Waals surface area contributed by atoms with Gasteiger partial charge in [-0.15, -0.1) is 0 Å². The molecule has 2 aromatic rings. The Hall–Kier alpha value is -2.06. The Balaban J connectivity index is 1.53. The lowest BCUT2D eigenvalue weighted by atomic mass is 10.2. The standard InChI is InChI=1S/C17H21F2N5S/c1-12-13(10-22(2)21-12)11-23-5-7-24(8-6-23)17(25)20-16-4-3-14(18)9-15(16)19/h3-4,9-10H,5-8,11H2,1-2H3,(H,20,25). The summed E-state index contributed by atoms with van der Waals surface area (Å²) in [6.45, 7) is 6.12. The number of thiocarbonyl (C=S) groups is 1. The van der Waals surface area contributed by atoms with Crippen molar-refractivity contribution in [2.75, 3.05) is 31.5 Å². The van der Waals surface area contributed by atoms with Crippen LogP contribution in [0.1, 0.15) is 11.3 Å². The van der Waals surface area contributed by atoms with E-state index in [4.69, 9.17) is 12.2 Å². The average molecular weight is 365 g/mol. The summed E-state index contributed by atoms with van der Waals surface area (Å²) >= 11 is 5.36. The molecule has 5 nitrogen and oxygen atoms in total. The Labute approximate surface area is 151 Å². The van der Waals surface area contributed by atoms with Crippen molar-refractivity contribution < 1.29 is 8.78 Å². The molecule has 2 heterocycles. The molecule has 1 aliphatic rings. The quantitative estimate of drug-likeness (QED) is 0.846. The van der Waals surface area contributed by atoms with Crippen molar-refractivity contribution in [1.82, 2.24) is 19.6 Å². The van der Waals surface area contributed by atoms with E-state index in [-0.39, 0.29) is 5.69 Å². The summed E-state index contributed by atoms with van der Waals surface area (Å²) in [5, 5.41) is 7.70. The summed E-state index contributed by atoms with van der Waals surface area (Å²) in [7, 11) is 1.92. The topological polar surface area (TPSA) is 36.3 Å².